The maximum Gasteiger partial charge on any atom is 0.205 e. The summed E-state index contributed by atoms with van der Waals surface area (Å²) in [6, 6.07) is 0. The van der Waals surface area contributed by atoms with Crippen LogP contribution < -0.4 is 5.32 Å². The van der Waals surface area contributed by atoms with Crippen LogP contribution in [0.2, 0.25) is 0 Å². The summed E-state index contributed by atoms with van der Waals surface area (Å²) in [5.74, 6) is 0. The number of nitrogens with zero attached hydrogens (tertiary/aromatic N) is 2. The molecule has 0 spiro atoms. The Hall–Kier alpha value is -0.720. The second-order valence-corrected chi connectivity index (χ2v) is 5.67. The Morgan fingerprint density at radius 2 is 2.17 bits per heavy atom. The number of methoxy groups -OCH3 is 1. The molecule has 1 aliphatic rings. The predicted molar refractivity (Wildman–Crippen MR) is 72.2 cm³/mol. The van der Waals surface area contributed by atoms with Crippen molar-refractivity contribution < 1.29 is 9.47 Å². The third-order valence-electron chi connectivity index (χ3n) is 3.33. The standard InChI is InChI=1S/C12H21N3O2S/c1-3-4-10-14-15-11(18-10)13-9-12(16-2)5-7-17-8-6-12/h3-9H2,1-2H3,(H,13,15). The molecule has 0 aliphatic carbocycles. The molecule has 6 heteroatoms. The molecule has 0 aromatic carbocycles. The van der Waals surface area contributed by atoms with Gasteiger partial charge in [0.2, 0.25) is 5.13 Å². The van der Waals surface area contributed by atoms with Crippen LogP contribution in [0.4, 0.5) is 5.13 Å². The summed E-state index contributed by atoms with van der Waals surface area (Å²) in [4.78, 5) is 0. The summed E-state index contributed by atoms with van der Waals surface area (Å²) in [7, 11) is 1.77. The molecule has 2 heterocycles. The van der Waals surface area contributed by atoms with Gasteiger partial charge in [-0.05, 0) is 6.42 Å². The summed E-state index contributed by atoms with van der Waals surface area (Å²) in [6.45, 7) is 4.46. The van der Waals surface area contributed by atoms with Gasteiger partial charge in [-0.3, -0.25) is 0 Å². The van der Waals surface area contributed by atoms with E-state index in [0.29, 0.717) is 0 Å². The third-order valence-corrected chi connectivity index (χ3v) is 4.27. The lowest BCUT2D eigenvalue weighted by molar-refractivity contribution is -0.0807. The van der Waals surface area contributed by atoms with E-state index in [1.165, 1.54) is 0 Å². The largest absolute Gasteiger partial charge is 0.381 e. The van der Waals surface area contributed by atoms with E-state index in [4.69, 9.17) is 9.47 Å². The summed E-state index contributed by atoms with van der Waals surface area (Å²) >= 11 is 1.64. The van der Waals surface area contributed by atoms with E-state index in [1.54, 1.807) is 18.4 Å². The van der Waals surface area contributed by atoms with Crippen molar-refractivity contribution in [3.63, 3.8) is 0 Å². The zero-order valence-corrected chi connectivity index (χ0v) is 11.9. The first-order valence-corrected chi connectivity index (χ1v) is 7.29. The highest BCUT2D eigenvalue weighted by Gasteiger charge is 2.32. The summed E-state index contributed by atoms with van der Waals surface area (Å²) < 4.78 is 11.1. The molecule has 0 radical (unpaired) electrons. The van der Waals surface area contributed by atoms with Gasteiger partial charge < -0.3 is 14.8 Å². The minimum absolute atomic E-state index is 0.116. The molecule has 5 nitrogen and oxygen atoms in total. The first-order chi connectivity index (χ1) is 8.78. The van der Waals surface area contributed by atoms with Crippen LogP contribution in [0.5, 0.6) is 0 Å². The van der Waals surface area contributed by atoms with E-state index in [0.717, 1.165) is 55.6 Å². The average molecular weight is 271 g/mol. The van der Waals surface area contributed by atoms with Gasteiger partial charge in [-0.15, -0.1) is 10.2 Å². The molecule has 1 fully saturated rings. The molecule has 1 N–H and O–H groups in total. The maximum absolute atomic E-state index is 5.67. The second kappa shape index (κ2) is 6.45. The number of rotatable bonds is 6. The van der Waals surface area contributed by atoms with Crippen LogP contribution in [0.3, 0.4) is 0 Å². The number of ether oxygens (including phenoxy) is 2. The second-order valence-electron chi connectivity index (χ2n) is 4.60. The number of anilines is 1. The van der Waals surface area contributed by atoms with E-state index in [9.17, 15) is 0 Å². The van der Waals surface area contributed by atoms with Crippen molar-refractivity contribution in [2.24, 2.45) is 0 Å². The Kier molecular flexibility index (Phi) is 4.91. The van der Waals surface area contributed by atoms with Crippen molar-refractivity contribution in [3.05, 3.63) is 5.01 Å². The fourth-order valence-electron chi connectivity index (χ4n) is 2.07. The quantitative estimate of drug-likeness (QED) is 0.858. The highest BCUT2D eigenvalue weighted by Crippen LogP contribution is 2.26. The molecule has 2 rings (SSSR count). The van der Waals surface area contributed by atoms with Crippen LogP contribution in [0.1, 0.15) is 31.2 Å². The van der Waals surface area contributed by atoms with Crippen LogP contribution in [0, 0.1) is 0 Å². The predicted octanol–water partition coefficient (Wildman–Crippen LogP) is 2.10. The third kappa shape index (κ3) is 3.40. The van der Waals surface area contributed by atoms with Gasteiger partial charge in [-0.25, -0.2) is 0 Å². The maximum atomic E-state index is 5.67. The molecule has 1 aliphatic heterocycles. The number of hydrogen-bond acceptors (Lipinski definition) is 6. The zero-order valence-electron chi connectivity index (χ0n) is 11.1. The van der Waals surface area contributed by atoms with Crippen LogP contribution in [-0.4, -0.2) is 42.7 Å². The Morgan fingerprint density at radius 1 is 1.39 bits per heavy atom. The van der Waals surface area contributed by atoms with E-state index < -0.39 is 0 Å². The Morgan fingerprint density at radius 3 is 2.83 bits per heavy atom. The molecule has 102 valence electrons. The van der Waals surface area contributed by atoms with E-state index in [-0.39, 0.29) is 5.60 Å². The van der Waals surface area contributed by atoms with Gasteiger partial charge in [0, 0.05) is 46.1 Å². The van der Waals surface area contributed by atoms with Crippen molar-refractivity contribution in [1.29, 1.82) is 0 Å². The van der Waals surface area contributed by atoms with E-state index in [2.05, 4.69) is 22.4 Å². The fraction of sp³-hybridized carbons (Fsp3) is 0.833. The smallest absolute Gasteiger partial charge is 0.205 e. The van der Waals surface area contributed by atoms with Crippen LogP contribution in [-0.2, 0) is 15.9 Å². The molecule has 0 bridgehead atoms. The molecule has 1 saturated heterocycles. The topological polar surface area (TPSA) is 56.3 Å². The lowest BCUT2D eigenvalue weighted by atomic mass is 9.94. The molecule has 18 heavy (non-hydrogen) atoms. The number of nitrogens with one attached hydrogen (secondary N) is 1. The number of aromatic nitrogens is 2. The number of aryl methyl sites for hydroxylation is 1. The Labute approximate surface area is 112 Å². The van der Waals surface area contributed by atoms with Crippen LogP contribution in [0.15, 0.2) is 0 Å². The molecule has 0 amide bonds. The molecule has 0 atom stereocenters. The lowest BCUT2D eigenvalue weighted by Crippen LogP contribution is -2.44. The van der Waals surface area contributed by atoms with Gasteiger partial charge >= 0.3 is 0 Å². The van der Waals surface area contributed by atoms with Gasteiger partial charge in [0.25, 0.3) is 0 Å². The summed E-state index contributed by atoms with van der Waals surface area (Å²) in [6.07, 6.45) is 3.96. The highest BCUT2D eigenvalue weighted by atomic mass is 32.1. The molecule has 1 aromatic heterocycles. The summed E-state index contributed by atoms with van der Waals surface area (Å²) in [5.41, 5.74) is -0.116. The number of hydrogen-bond donors (Lipinski definition) is 1. The van der Waals surface area contributed by atoms with E-state index >= 15 is 0 Å². The molecule has 0 saturated carbocycles. The monoisotopic (exact) mass is 271 g/mol. The van der Waals surface area contributed by atoms with Gasteiger partial charge in [0.1, 0.15) is 5.01 Å². The molecule has 1 aromatic rings. The van der Waals surface area contributed by atoms with Gasteiger partial charge in [0.15, 0.2) is 0 Å². The van der Waals surface area contributed by atoms with Crippen molar-refractivity contribution in [1.82, 2.24) is 10.2 Å². The van der Waals surface area contributed by atoms with Crippen molar-refractivity contribution in [3.8, 4) is 0 Å². The van der Waals surface area contributed by atoms with Gasteiger partial charge in [-0.2, -0.15) is 0 Å². The minimum atomic E-state index is -0.116. The normalized spacial score (nSPS) is 18.8. The van der Waals surface area contributed by atoms with Crippen molar-refractivity contribution in [2.45, 2.75) is 38.2 Å². The molecular weight excluding hydrogens is 250 g/mol. The Bertz CT molecular complexity index is 364. The molecule has 0 unspecified atom stereocenters. The fourth-order valence-corrected chi connectivity index (χ4v) is 2.91. The van der Waals surface area contributed by atoms with Crippen LogP contribution in [0.25, 0.3) is 0 Å². The average Bonchev–Trinajstić information content (AvgIpc) is 2.86. The first-order valence-electron chi connectivity index (χ1n) is 6.47. The van der Waals surface area contributed by atoms with Crippen molar-refractivity contribution in [2.75, 3.05) is 32.2 Å². The molecular formula is C12H21N3O2S. The first kappa shape index (κ1) is 13.7. The lowest BCUT2D eigenvalue weighted by Gasteiger charge is -2.35. The van der Waals surface area contributed by atoms with Gasteiger partial charge in [0.05, 0.1) is 5.60 Å². The van der Waals surface area contributed by atoms with Gasteiger partial charge in [-0.1, -0.05) is 18.3 Å². The SMILES string of the molecule is CCCc1nnc(NCC2(OC)CCOCC2)s1. The van der Waals surface area contributed by atoms with Crippen molar-refractivity contribution >= 4 is 16.5 Å². The zero-order chi connectivity index (χ0) is 12.8. The highest BCUT2D eigenvalue weighted by molar-refractivity contribution is 7.15. The Balaban J connectivity index is 1.88. The summed E-state index contributed by atoms with van der Waals surface area (Å²) in [5, 5.41) is 13.6. The van der Waals surface area contributed by atoms with Crippen LogP contribution >= 0.6 is 11.3 Å². The van der Waals surface area contributed by atoms with E-state index in [1.807, 2.05) is 0 Å². The minimum Gasteiger partial charge on any atom is -0.381 e.